The van der Waals surface area contributed by atoms with Crippen molar-refractivity contribution in [2.24, 2.45) is 0 Å². The third-order valence-electron chi connectivity index (χ3n) is 3.65. The van der Waals surface area contributed by atoms with E-state index in [1.165, 1.54) is 0 Å². The number of hydrogen-bond acceptors (Lipinski definition) is 2. The van der Waals surface area contributed by atoms with Crippen molar-refractivity contribution in [2.75, 3.05) is 5.73 Å². The van der Waals surface area contributed by atoms with Crippen LogP contribution in [0.3, 0.4) is 0 Å². The molecule has 1 saturated carbocycles. The fraction of sp³-hybridized carbons (Fsp3) is 0.235. The summed E-state index contributed by atoms with van der Waals surface area (Å²) in [6, 6.07) is 15.1. The first kappa shape index (κ1) is 14.0. The maximum Gasteiger partial charge on any atom is 0.254 e. The zero-order valence-corrected chi connectivity index (χ0v) is 12.4. The van der Waals surface area contributed by atoms with Crippen LogP contribution in [0.4, 0.5) is 5.69 Å². The molecule has 1 fully saturated rings. The largest absolute Gasteiger partial charge is 0.399 e. The quantitative estimate of drug-likeness (QED) is 0.875. The van der Waals surface area contributed by atoms with Crippen LogP contribution in [0.25, 0.3) is 0 Å². The lowest BCUT2D eigenvalue weighted by molar-refractivity contribution is 0.0730. The normalized spacial score (nSPS) is 14.0. The second-order valence-electron chi connectivity index (χ2n) is 5.42. The van der Waals surface area contributed by atoms with Crippen molar-refractivity contribution < 1.29 is 4.79 Å². The van der Waals surface area contributed by atoms with Gasteiger partial charge in [0.25, 0.3) is 5.91 Å². The van der Waals surface area contributed by atoms with Gasteiger partial charge in [-0.2, -0.15) is 0 Å². The first-order valence-electron chi connectivity index (χ1n) is 7.04. The highest BCUT2D eigenvalue weighted by molar-refractivity contribution is 6.30. The number of hydrogen-bond donors (Lipinski definition) is 1. The lowest BCUT2D eigenvalue weighted by atomic mass is 10.1. The standard InChI is InChI=1S/C17H17ClN2O/c18-14-3-1-2-13(10-14)17(21)20(16-8-9-16)11-12-4-6-15(19)7-5-12/h1-7,10,16H,8-9,11,19H2. The van der Waals surface area contributed by atoms with Crippen LogP contribution in [-0.2, 0) is 6.54 Å². The van der Waals surface area contributed by atoms with Gasteiger partial charge in [-0.05, 0) is 48.7 Å². The van der Waals surface area contributed by atoms with E-state index < -0.39 is 0 Å². The van der Waals surface area contributed by atoms with E-state index in [9.17, 15) is 4.79 Å². The summed E-state index contributed by atoms with van der Waals surface area (Å²) in [7, 11) is 0. The van der Waals surface area contributed by atoms with E-state index in [-0.39, 0.29) is 5.91 Å². The Hall–Kier alpha value is -2.00. The Morgan fingerprint density at radius 3 is 2.52 bits per heavy atom. The van der Waals surface area contributed by atoms with Crippen LogP contribution >= 0.6 is 11.6 Å². The molecule has 0 saturated heterocycles. The van der Waals surface area contributed by atoms with E-state index in [4.69, 9.17) is 17.3 Å². The van der Waals surface area contributed by atoms with Crippen molar-refractivity contribution in [2.45, 2.75) is 25.4 Å². The summed E-state index contributed by atoms with van der Waals surface area (Å²) in [5, 5.41) is 0.587. The second-order valence-corrected chi connectivity index (χ2v) is 5.85. The lowest BCUT2D eigenvalue weighted by Crippen LogP contribution is -2.32. The van der Waals surface area contributed by atoms with Gasteiger partial charge in [0.2, 0.25) is 0 Å². The van der Waals surface area contributed by atoms with Gasteiger partial charge in [0.15, 0.2) is 0 Å². The average Bonchev–Trinajstić information content (AvgIpc) is 3.30. The van der Waals surface area contributed by atoms with Gasteiger partial charge in [-0.1, -0.05) is 29.8 Å². The molecular weight excluding hydrogens is 284 g/mol. The van der Waals surface area contributed by atoms with Crippen molar-refractivity contribution in [1.29, 1.82) is 0 Å². The zero-order valence-electron chi connectivity index (χ0n) is 11.6. The molecule has 0 aliphatic heterocycles. The van der Waals surface area contributed by atoms with Gasteiger partial charge in [-0.3, -0.25) is 4.79 Å². The Bertz CT molecular complexity index is 650. The fourth-order valence-corrected chi connectivity index (χ4v) is 2.55. The molecule has 1 aliphatic rings. The average molecular weight is 301 g/mol. The van der Waals surface area contributed by atoms with E-state index in [1.807, 2.05) is 41.3 Å². The Kier molecular flexibility index (Phi) is 3.84. The molecule has 0 spiro atoms. The Balaban J connectivity index is 1.81. The number of anilines is 1. The minimum Gasteiger partial charge on any atom is -0.399 e. The van der Waals surface area contributed by atoms with Gasteiger partial charge in [0.1, 0.15) is 0 Å². The molecule has 0 atom stereocenters. The molecule has 0 aromatic heterocycles. The van der Waals surface area contributed by atoms with Gasteiger partial charge >= 0.3 is 0 Å². The van der Waals surface area contributed by atoms with Crippen molar-refractivity contribution in [3.05, 3.63) is 64.7 Å². The maximum absolute atomic E-state index is 12.7. The van der Waals surface area contributed by atoms with Crippen LogP contribution in [0.15, 0.2) is 48.5 Å². The summed E-state index contributed by atoms with van der Waals surface area (Å²) in [5.74, 6) is 0.0387. The molecule has 1 amide bonds. The summed E-state index contributed by atoms with van der Waals surface area (Å²) in [4.78, 5) is 14.6. The van der Waals surface area contributed by atoms with E-state index in [0.29, 0.717) is 23.2 Å². The van der Waals surface area contributed by atoms with E-state index >= 15 is 0 Å². The van der Waals surface area contributed by atoms with Crippen molar-refractivity contribution in [1.82, 2.24) is 4.90 Å². The molecular formula is C17H17ClN2O. The summed E-state index contributed by atoms with van der Waals surface area (Å²) in [6.45, 7) is 0.607. The number of carbonyl (C=O) groups excluding carboxylic acids is 1. The lowest BCUT2D eigenvalue weighted by Gasteiger charge is -2.23. The third kappa shape index (κ3) is 3.37. The first-order valence-corrected chi connectivity index (χ1v) is 7.42. The Morgan fingerprint density at radius 2 is 1.90 bits per heavy atom. The Labute approximate surface area is 129 Å². The monoisotopic (exact) mass is 300 g/mol. The number of benzene rings is 2. The van der Waals surface area contributed by atoms with Crippen LogP contribution in [0.5, 0.6) is 0 Å². The van der Waals surface area contributed by atoms with Gasteiger partial charge in [-0.15, -0.1) is 0 Å². The Morgan fingerprint density at radius 1 is 1.19 bits per heavy atom. The topological polar surface area (TPSA) is 46.3 Å². The third-order valence-corrected chi connectivity index (χ3v) is 3.89. The number of halogens is 1. The molecule has 4 heteroatoms. The van der Waals surface area contributed by atoms with Gasteiger partial charge < -0.3 is 10.6 Å². The van der Waals surface area contributed by atoms with Gasteiger partial charge in [-0.25, -0.2) is 0 Å². The fourth-order valence-electron chi connectivity index (χ4n) is 2.36. The molecule has 3 nitrogen and oxygen atoms in total. The minimum absolute atomic E-state index is 0.0387. The molecule has 1 aliphatic carbocycles. The number of rotatable bonds is 4. The summed E-state index contributed by atoms with van der Waals surface area (Å²) < 4.78 is 0. The summed E-state index contributed by atoms with van der Waals surface area (Å²) in [5.41, 5.74) is 8.17. The van der Waals surface area contributed by atoms with Crippen LogP contribution in [0.1, 0.15) is 28.8 Å². The number of carbonyl (C=O) groups is 1. The number of amides is 1. The number of nitrogen functional groups attached to an aromatic ring is 1. The predicted octanol–water partition coefficient (Wildman–Crippen LogP) is 3.73. The molecule has 3 rings (SSSR count). The van der Waals surface area contributed by atoms with Crippen LogP contribution in [0, 0.1) is 0 Å². The summed E-state index contributed by atoms with van der Waals surface area (Å²) in [6.07, 6.45) is 2.14. The van der Waals surface area contributed by atoms with Crippen molar-refractivity contribution >= 4 is 23.2 Å². The molecule has 2 N–H and O–H groups in total. The predicted molar refractivity (Wildman–Crippen MR) is 85.2 cm³/mol. The van der Waals surface area contributed by atoms with E-state index in [0.717, 1.165) is 24.1 Å². The first-order chi connectivity index (χ1) is 10.1. The van der Waals surface area contributed by atoms with E-state index in [2.05, 4.69) is 0 Å². The van der Waals surface area contributed by atoms with Crippen molar-refractivity contribution in [3.8, 4) is 0 Å². The highest BCUT2D eigenvalue weighted by Gasteiger charge is 2.33. The highest BCUT2D eigenvalue weighted by Crippen LogP contribution is 2.30. The van der Waals surface area contributed by atoms with Crippen molar-refractivity contribution in [3.63, 3.8) is 0 Å². The summed E-state index contributed by atoms with van der Waals surface area (Å²) >= 11 is 5.98. The second kappa shape index (κ2) is 5.78. The van der Waals surface area contributed by atoms with E-state index in [1.54, 1.807) is 12.1 Å². The smallest absolute Gasteiger partial charge is 0.254 e. The van der Waals surface area contributed by atoms with Crippen LogP contribution in [-0.4, -0.2) is 16.8 Å². The SMILES string of the molecule is Nc1ccc(CN(C(=O)c2cccc(Cl)c2)C2CC2)cc1. The van der Waals surface area contributed by atoms with Crippen LogP contribution < -0.4 is 5.73 Å². The molecule has 2 aromatic carbocycles. The zero-order chi connectivity index (χ0) is 14.8. The molecule has 0 unspecified atom stereocenters. The molecule has 0 bridgehead atoms. The molecule has 0 radical (unpaired) electrons. The van der Waals surface area contributed by atoms with Gasteiger partial charge in [0, 0.05) is 28.9 Å². The van der Waals surface area contributed by atoms with Gasteiger partial charge in [0.05, 0.1) is 0 Å². The molecule has 0 heterocycles. The number of nitrogens with zero attached hydrogens (tertiary/aromatic N) is 1. The van der Waals surface area contributed by atoms with Crippen LogP contribution in [0.2, 0.25) is 5.02 Å². The molecule has 2 aromatic rings. The highest BCUT2D eigenvalue weighted by atomic mass is 35.5. The minimum atomic E-state index is 0.0387. The number of nitrogens with two attached hydrogens (primary N) is 1. The molecule has 21 heavy (non-hydrogen) atoms. The molecule has 108 valence electrons. The maximum atomic E-state index is 12.7.